The first-order chi connectivity index (χ1) is 16.6. The molecule has 2 heterocycles. The summed E-state index contributed by atoms with van der Waals surface area (Å²) < 4.78 is 28.8. The molecule has 0 aromatic carbocycles. The van der Waals surface area contributed by atoms with Crippen molar-refractivity contribution in [3.05, 3.63) is 57.8 Å². The van der Waals surface area contributed by atoms with Gasteiger partial charge in [-0.3, -0.25) is 19.0 Å². The molecular formula is C25H35F2N4O3P. The van der Waals surface area contributed by atoms with Crippen LogP contribution in [0.3, 0.4) is 0 Å². The van der Waals surface area contributed by atoms with Crippen molar-refractivity contribution in [1.82, 2.24) is 19.8 Å². The van der Waals surface area contributed by atoms with Crippen molar-refractivity contribution < 1.29 is 18.4 Å². The fourth-order valence-electron chi connectivity index (χ4n) is 3.87. The molecule has 0 spiro atoms. The SMILES string of the molecule is C\C=C(/C=C\C(=C/C)C(F)(F)P)c1cc(=O)n(CC(=O)NC2CCN(C=O)CC2)c(CCCC)n1. The van der Waals surface area contributed by atoms with E-state index in [1.165, 1.54) is 45.0 Å². The number of carbonyl (C=O) groups excluding carboxylic acids is 2. The molecule has 1 saturated heterocycles. The zero-order chi connectivity index (χ0) is 26.0. The summed E-state index contributed by atoms with van der Waals surface area (Å²) in [6.45, 7) is 6.32. The Balaban J connectivity index is 2.26. The zero-order valence-corrected chi connectivity index (χ0v) is 21.8. The van der Waals surface area contributed by atoms with E-state index in [0.29, 0.717) is 49.4 Å². The number of unbranched alkanes of at least 4 members (excludes halogenated alkanes) is 1. The lowest BCUT2D eigenvalue weighted by Crippen LogP contribution is -2.46. The number of likely N-dealkylation sites (tertiary alicyclic amines) is 1. The number of halogens is 2. The van der Waals surface area contributed by atoms with Gasteiger partial charge in [-0.2, -0.15) is 8.78 Å². The summed E-state index contributed by atoms with van der Waals surface area (Å²) in [4.78, 5) is 42.9. The summed E-state index contributed by atoms with van der Waals surface area (Å²) in [6, 6.07) is 1.29. The Labute approximate surface area is 207 Å². The van der Waals surface area contributed by atoms with E-state index in [4.69, 9.17) is 0 Å². The van der Waals surface area contributed by atoms with Crippen LogP contribution >= 0.6 is 9.24 Å². The summed E-state index contributed by atoms with van der Waals surface area (Å²) in [5.41, 5.74) is -2.70. The summed E-state index contributed by atoms with van der Waals surface area (Å²) in [7, 11) is 1.51. The van der Waals surface area contributed by atoms with Gasteiger partial charge in [-0.05, 0) is 38.7 Å². The molecule has 192 valence electrons. The molecule has 1 fully saturated rings. The number of aryl methyl sites for hydroxylation is 1. The molecule has 1 aliphatic heterocycles. The van der Waals surface area contributed by atoms with Crippen molar-refractivity contribution in [2.45, 2.75) is 71.1 Å². The first-order valence-electron chi connectivity index (χ1n) is 11.9. The summed E-state index contributed by atoms with van der Waals surface area (Å²) in [5.74, 6) is 0.200. The molecule has 0 saturated carbocycles. The van der Waals surface area contributed by atoms with Crippen LogP contribution in [0, 0.1) is 0 Å². The third-order valence-electron chi connectivity index (χ3n) is 5.93. The van der Waals surface area contributed by atoms with E-state index in [0.717, 1.165) is 19.3 Å². The van der Waals surface area contributed by atoms with E-state index in [-0.39, 0.29) is 29.6 Å². The van der Waals surface area contributed by atoms with Gasteiger partial charge >= 0.3 is 0 Å². The molecule has 10 heteroatoms. The van der Waals surface area contributed by atoms with E-state index in [1.54, 1.807) is 17.9 Å². The van der Waals surface area contributed by atoms with Crippen LogP contribution in [-0.2, 0) is 22.6 Å². The van der Waals surface area contributed by atoms with Gasteiger partial charge in [0, 0.05) is 37.2 Å². The highest BCUT2D eigenvalue weighted by Crippen LogP contribution is 2.32. The molecule has 1 atom stereocenters. The Morgan fingerprint density at radius 2 is 1.94 bits per heavy atom. The number of nitrogens with one attached hydrogen (secondary N) is 1. The van der Waals surface area contributed by atoms with E-state index < -0.39 is 5.66 Å². The van der Waals surface area contributed by atoms with Crippen LogP contribution in [0.4, 0.5) is 8.78 Å². The molecule has 1 aromatic rings. The maximum absolute atomic E-state index is 13.7. The molecule has 1 unspecified atom stereocenters. The van der Waals surface area contributed by atoms with Gasteiger partial charge in [-0.1, -0.05) is 46.9 Å². The van der Waals surface area contributed by atoms with Gasteiger partial charge in [0.1, 0.15) is 12.4 Å². The van der Waals surface area contributed by atoms with Gasteiger partial charge in [0.05, 0.1) is 5.69 Å². The Morgan fingerprint density at radius 1 is 1.26 bits per heavy atom. The zero-order valence-electron chi connectivity index (χ0n) is 20.6. The first-order valence-corrected chi connectivity index (χ1v) is 12.5. The molecule has 0 aliphatic carbocycles. The highest BCUT2D eigenvalue weighted by Gasteiger charge is 2.25. The largest absolute Gasteiger partial charge is 0.352 e. The highest BCUT2D eigenvalue weighted by molar-refractivity contribution is 7.18. The third kappa shape index (κ3) is 8.49. The lowest BCUT2D eigenvalue weighted by atomic mass is 10.1. The van der Waals surface area contributed by atoms with Crippen LogP contribution in [0.2, 0.25) is 0 Å². The molecule has 2 amide bonds. The molecule has 1 N–H and O–H groups in total. The van der Waals surface area contributed by atoms with E-state index in [1.807, 2.05) is 6.92 Å². The number of piperidine rings is 1. The predicted octanol–water partition coefficient (Wildman–Crippen LogP) is 3.70. The molecule has 0 bridgehead atoms. The highest BCUT2D eigenvalue weighted by atomic mass is 31.0. The number of carbonyl (C=O) groups is 2. The smallest absolute Gasteiger partial charge is 0.283 e. The molecule has 1 aliphatic rings. The van der Waals surface area contributed by atoms with E-state index in [2.05, 4.69) is 10.3 Å². The van der Waals surface area contributed by atoms with Crippen LogP contribution < -0.4 is 10.9 Å². The van der Waals surface area contributed by atoms with Crippen molar-refractivity contribution in [2.24, 2.45) is 0 Å². The minimum Gasteiger partial charge on any atom is -0.352 e. The molecule has 0 radical (unpaired) electrons. The lowest BCUT2D eigenvalue weighted by molar-refractivity contribution is -0.123. The molecular weight excluding hydrogens is 473 g/mol. The Hall–Kier alpha value is -2.67. The van der Waals surface area contributed by atoms with Crippen LogP contribution in [0.1, 0.15) is 58.0 Å². The Morgan fingerprint density at radius 3 is 2.49 bits per heavy atom. The van der Waals surface area contributed by atoms with Crippen LogP contribution in [0.25, 0.3) is 5.57 Å². The summed E-state index contributed by atoms with van der Waals surface area (Å²) in [5, 5.41) is 2.95. The fourth-order valence-corrected chi connectivity index (χ4v) is 4.13. The predicted molar refractivity (Wildman–Crippen MR) is 137 cm³/mol. The van der Waals surface area contributed by atoms with Crippen LogP contribution in [0.15, 0.2) is 40.7 Å². The second-order valence-corrected chi connectivity index (χ2v) is 9.24. The minimum atomic E-state index is -3.07. The van der Waals surface area contributed by atoms with Crippen LogP contribution in [0.5, 0.6) is 0 Å². The monoisotopic (exact) mass is 508 g/mol. The standard InChI is InChI=1S/C25H35F2N4O3P/c1-4-7-8-22-29-21(18(5-2)9-10-19(6-3)25(26,27)35)15-24(34)31(22)16-23(33)28-20-11-13-30(17-32)14-12-20/h5-6,9-10,15,17,20H,4,7-8,11-14,16,35H2,1-3H3,(H,28,33)/b10-9-,18-5+,19-6+. The normalized spacial score (nSPS) is 16.1. The van der Waals surface area contributed by atoms with Gasteiger partial charge in [0.2, 0.25) is 12.3 Å². The second-order valence-electron chi connectivity index (χ2n) is 8.51. The van der Waals surface area contributed by atoms with Crippen molar-refractivity contribution in [3.63, 3.8) is 0 Å². The summed E-state index contributed by atoms with van der Waals surface area (Å²) >= 11 is 0. The molecule has 2 rings (SSSR count). The Bertz CT molecular complexity index is 1040. The average molecular weight is 509 g/mol. The van der Waals surface area contributed by atoms with Gasteiger partial charge < -0.3 is 10.2 Å². The van der Waals surface area contributed by atoms with E-state index in [9.17, 15) is 23.2 Å². The molecule has 35 heavy (non-hydrogen) atoms. The van der Waals surface area contributed by atoms with Crippen molar-refractivity contribution in [3.8, 4) is 0 Å². The minimum absolute atomic E-state index is 0.0452. The van der Waals surface area contributed by atoms with Crippen LogP contribution in [-0.4, -0.2) is 51.6 Å². The summed E-state index contributed by atoms with van der Waals surface area (Å²) in [6.07, 6.45) is 10.2. The van der Waals surface area contributed by atoms with E-state index >= 15 is 0 Å². The number of amides is 2. The Kier molecular flexibility index (Phi) is 11.0. The van der Waals surface area contributed by atoms with Crippen molar-refractivity contribution in [1.29, 1.82) is 0 Å². The fraction of sp³-hybridized carbons (Fsp3) is 0.520. The molecule has 7 nitrogen and oxygen atoms in total. The number of allylic oxidation sites excluding steroid dienone is 6. The number of nitrogens with zero attached hydrogens (tertiary/aromatic N) is 3. The lowest BCUT2D eigenvalue weighted by Gasteiger charge is -2.29. The third-order valence-corrected chi connectivity index (χ3v) is 6.27. The maximum atomic E-state index is 13.7. The number of hydrogen-bond acceptors (Lipinski definition) is 4. The number of aromatic nitrogens is 2. The number of alkyl halides is 2. The quantitative estimate of drug-likeness (QED) is 0.281. The van der Waals surface area contributed by atoms with Gasteiger partial charge in [0.25, 0.3) is 11.2 Å². The van der Waals surface area contributed by atoms with Crippen molar-refractivity contribution >= 4 is 27.1 Å². The maximum Gasteiger partial charge on any atom is 0.283 e. The second kappa shape index (κ2) is 13.4. The number of hydrogen-bond donors (Lipinski definition) is 1. The average Bonchev–Trinajstić information content (AvgIpc) is 2.81. The van der Waals surface area contributed by atoms with Crippen molar-refractivity contribution in [2.75, 3.05) is 13.1 Å². The first kappa shape index (κ1) is 28.6. The van der Waals surface area contributed by atoms with Gasteiger partial charge in [0.15, 0.2) is 0 Å². The van der Waals surface area contributed by atoms with Gasteiger partial charge in [-0.25, -0.2) is 4.98 Å². The topological polar surface area (TPSA) is 84.3 Å². The molecule has 1 aromatic heterocycles. The van der Waals surface area contributed by atoms with Gasteiger partial charge in [-0.15, -0.1) is 0 Å². The number of rotatable bonds is 11.